The third-order valence-electron chi connectivity index (χ3n) is 5.12. The van der Waals surface area contributed by atoms with Gasteiger partial charge in [0.1, 0.15) is 34.9 Å². The summed E-state index contributed by atoms with van der Waals surface area (Å²) in [6.07, 6.45) is 7.90. The Morgan fingerprint density at radius 1 is 0.279 bits per heavy atom. The maximum atomic E-state index is 12.8. The molecule has 0 aliphatic heterocycles. The summed E-state index contributed by atoms with van der Waals surface area (Å²) in [6.45, 7) is 0. The molecular weight excluding hydrogens is 617 g/mol. The minimum absolute atomic E-state index is 0. The van der Waals surface area contributed by atoms with Crippen LogP contribution >= 0.6 is 0 Å². The molecule has 1 radical (unpaired) electrons. The van der Waals surface area contributed by atoms with Crippen LogP contribution in [0.5, 0.6) is 0 Å². The summed E-state index contributed by atoms with van der Waals surface area (Å²) >= 11 is 0. The molecule has 13 heteroatoms. The van der Waals surface area contributed by atoms with Crippen molar-refractivity contribution in [1.82, 2.24) is 29.9 Å². The number of halogens is 6. The molecule has 6 aromatic heterocycles. The molecule has 219 valence electrons. The molecule has 0 aliphatic rings. The summed E-state index contributed by atoms with van der Waals surface area (Å²) < 4.78 is 76.8. The molecule has 43 heavy (non-hydrogen) atoms. The Hall–Kier alpha value is -5.01. The predicted octanol–water partition coefficient (Wildman–Crippen LogP) is 7.26. The SMILES string of the molecule is Fc1ccnc(-c2cc(F)ccn2)c1.Fc1ccnc(-c2cc(F)ccn2)c1.Fc1ccnc(-c2cc(F)ccn2)c1.[Co]. The van der Waals surface area contributed by atoms with Gasteiger partial charge in [0.25, 0.3) is 0 Å². The van der Waals surface area contributed by atoms with Crippen LogP contribution in [-0.2, 0) is 16.8 Å². The topological polar surface area (TPSA) is 77.3 Å². The average Bonchev–Trinajstić information content (AvgIpc) is 2.98. The van der Waals surface area contributed by atoms with Crippen molar-refractivity contribution in [2.45, 2.75) is 0 Å². The van der Waals surface area contributed by atoms with Gasteiger partial charge in [-0.25, -0.2) is 26.3 Å². The Bertz CT molecular complexity index is 1460. The Labute approximate surface area is 251 Å². The number of rotatable bonds is 3. The summed E-state index contributed by atoms with van der Waals surface area (Å²) in [5.41, 5.74) is 1.94. The van der Waals surface area contributed by atoms with Gasteiger partial charge in [-0.2, -0.15) is 0 Å². The normalized spacial score (nSPS) is 9.91. The van der Waals surface area contributed by atoms with Crippen LogP contribution in [0.2, 0.25) is 0 Å². The van der Waals surface area contributed by atoms with E-state index in [1.54, 1.807) is 0 Å². The zero-order chi connectivity index (χ0) is 29.9. The molecule has 0 fully saturated rings. The molecule has 0 atom stereocenters. The Kier molecular flexibility index (Phi) is 12.0. The molecule has 6 nitrogen and oxygen atoms in total. The van der Waals surface area contributed by atoms with E-state index >= 15 is 0 Å². The molecular formula is C30H18CoF6N6. The molecule has 0 bridgehead atoms. The fourth-order valence-corrected chi connectivity index (χ4v) is 3.27. The van der Waals surface area contributed by atoms with Crippen LogP contribution in [0.1, 0.15) is 0 Å². The standard InChI is InChI=1S/3C10H6F2N2.Co/c3*11-7-1-3-13-9(5-7)10-6-8(12)2-4-14-10;/h3*1-6H;. The fourth-order valence-electron chi connectivity index (χ4n) is 3.27. The van der Waals surface area contributed by atoms with E-state index in [-0.39, 0.29) is 16.8 Å². The second kappa shape index (κ2) is 15.8. The number of hydrogen-bond acceptors (Lipinski definition) is 6. The molecule has 0 amide bonds. The summed E-state index contributed by atoms with van der Waals surface area (Å²) in [6, 6.07) is 14.6. The molecule has 0 saturated heterocycles. The number of nitrogens with zero attached hydrogens (tertiary/aromatic N) is 6. The molecule has 6 aromatic rings. The monoisotopic (exact) mass is 635 g/mol. The van der Waals surface area contributed by atoms with Gasteiger partial charge in [-0.1, -0.05) is 0 Å². The second-order valence-corrected chi connectivity index (χ2v) is 8.16. The molecule has 6 heterocycles. The molecule has 0 unspecified atom stereocenters. The smallest absolute Gasteiger partial charge is 0.126 e. The molecule has 0 saturated carbocycles. The van der Waals surface area contributed by atoms with Crippen molar-refractivity contribution in [3.05, 3.63) is 145 Å². The summed E-state index contributed by atoms with van der Waals surface area (Å²) in [5.74, 6) is -2.49. The summed E-state index contributed by atoms with van der Waals surface area (Å²) in [4.78, 5) is 23.3. The van der Waals surface area contributed by atoms with Gasteiger partial charge in [-0.15, -0.1) is 0 Å². The first-order valence-electron chi connectivity index (χ1n) is 12.0. The molecule has 0 aliphatic carbocycles. The third-order valence-corrected chi connectivity index (χ3v) is 5.12. The van der Waals surface area contributed by atoms with Gasteiger partial charge in [0.05, 0.1) is 34.2 Å². The average molecular weight is 635 g/mol. The van der Waals surface area contributed by atoms with E-state index in [1.165, 1.54) is 110 Å². The van der Waals surface area contributed by atoms with Gasteiger partial charge < -0.3 is 0 Å². The van der Waals surface area contributed by atoms with E-state index in [2.05, 4.69) is 29.9 Å². The van der Waals surface area contributed by atoms with Crippen molar-refractivity contribution in [2.75, 3.05) is 0 Å². The van der Waals surface area contributed by atoms with Gasteiger partial charge in [0.2, 0.25) is 0 Å². The Balaban J connectivity index is 0.000000175. The Morgan fingerprint density at radius 3 is 0.535 bits per heavy atom. The van der Waals surface area contributed by atoms with Crippen LogP contribution in [0.3, 0.4) is 0 Å². The van der Waals surface area contributed by atoms with Crippen LogP contribution in [-0.4, -0.2) is 29.9 Å². The number of aromatic nitrogens is 6. The van der Waals surface area contributed by atoms with E-state index in [0.717, 1.165) is 0 Å². The first-order valence-corrected chi connectivity index (χ1v) is 12.0. The van der Waals surface area contributed by atoms with E-state index < -0.39 is 34.9 Å². The van der Waals surface area contributed by atoms with Crippen molar-refractivity contribution in [3.63, 3.8) is 0 Å². The first kappa shape index (κ1) is 32.5. The largest absolute Gasteiger partial charge is 0.254 e. The van der Waals surface area contributed by atoms with E-state index in [4.69, 9.17) is 0 Å². The third kappa shape index (κ3) is 10.1. The van der Waals surface area contributed by atoms with Crippen LogP contribution in [0.4, 0.5) is 26.3 Å². The maximum absolute atomic E-state index is 12.8. The number of pyridine rings is 6. The number of hydrogen-bond donors (Lipinski definition) is 0. The van der Waals surface area contributed by atoms with Gasteiger partial charge in [-0.3, -0.25) is 29.9 Å². The van der Waals surface area contributed by atoms with E-state index in [1.807, 2.05) is 0 Å². The van der Waals surface area contributed by atoms with Crippen molar-refractivity contribution in [1.29, 1.82) is 0 Å². The van der Waals surface area contributed by atoms with Gasteiger partial charge >= 0.3 is 0 Å². The minimum atomic E-state index is -0.416. The molecule has 6 rings (SSSR count). The minimum Gasteiger partial charge on any atom is -0.254 e. The van der Waals surface area contributed by atoms with E-state index in [9.17, 15) is 26.3 Å². The summed E-state index contributed by atoms with van der Waals surface area (Å²) in [7, 11) is 0. The first-order chi connectivity index (χ1) is 20.3. The van der Waals surface area contributed by atoms with Gasteiger partial charge in [-0.05, 0) is 36.4 Å². The quantitative estimate of drug-likeness (QED) is 0.191. The maximum Gasteiger partial charge on any atom is 0.126 e. The van der Waals surface area contributed by atoms with Crippen molar-refractivity contribution >= 4 is 0 Å². The second-order valence-electron chi connectivity index (χ2n) is 8.16. The van der Waals surface area contributed by atoms with Crippen LogP contribution in [0.25, 0.3) is 34.2 Å². The van der Waals surface area contributed by atoms with Crippen molar-refractivity contribution in [2.24, 2.45) is 0 Å². The van der Waals surface area contributed by atoms with Crippen LogP contribution in [0.15, 0.2) is 110 Å². The van der Waals surface area contributed by atoms with Crippen LogP contribution < -0.4 is 0 Å². The summed E-state index contributed by atoms with van der Waals surface area (Å²) in [5, 5.41) is 0. The fraction of sp³-hybridized carbons (Fsp3) is 0. The Morgan fingerprint density at radius 2 is 0.419 bits per heavy atom. The molecule has 0 aromatic carbocycles. The zero-order valence-electron chi connectivity index (χ0n) is 21.7. The van der Waals surface area contributed by atoms with Crippen molar-refractivity contribution in [3.8, 4) is 34.2 Å². The predicted molar refractivity (Wildman–Crippen MR) is 142 cm³/mol. The van der Waals surface area contributed by atoms with Gasteiger partial charge in [0, 0.05) is 90.4 Å². The van der Waals surface area contributed by atoms with Crippen LogP contribution in [0, 0.1) is 34.9 Å². The molecule has 0 spiro atoms. The van der Waals surface area contributed by atoms with Gasteiger partial charge in [0.15, 0.2) is 0 Å². The van der Waals surface area contributed by atoms with Crippen molar-refractivity contribution < 1.29 is 43.1 Å². The zero-order valence-corrected chi connectivity index (χ0v) is 22.7. The molecule has 0 N–H and O–H groups in total. The van der Waals surface area contributed by atoms with E-state index in [0.29, 0.717) is 34.2 Å².